The number of benzene rings is 1. The van der Waals surface area contributed by atoms with Crippen LogP contribution in [0.2, 0.25) is 0 Å². The molecule has 0 aliphatic carbocycles. The van der Waals surface area contributed by atoms with Gasteiger partial charge in [0.2, 0.25) is 0 Å². The van der Waals surface area contributed by atoms with Gasteiger partial charge in [-0.05, 0) is 43.5 Å². The number of pyridine rings is 1. The van der Waals surface area contributed by atoms with Crippen molar-refractivity contribution in [1.82, 2.24) is 24.7 Å². The van der Waals surface area contributed by atoms with Crippen LogP contribution in [0.3, 0.4) is 0 Å². The van der Waals surface area contributed by atoms with Crippen LogP contribution >= 0.6 is 0 Å². The molecule has 0 amide bonds. The standard InChI is InChI=1S/C20H20N6O/c1-13-16(9-24-26(13)3)12-27-18-4-5-19-15(8-18)6-7-21-20(19)25-17-10-22-14(2)23-11-17/h4-11H,12H2,1-3H3,(H,21,25). The van der Waals surface area contributed by atoms with Gasteiger partial charge in [0.05, 0.1) is 24.3 Å². The van der Waals surface area contributed by atoms with Gasteiger partial charge in [-0.15, -0.1) is 0 Å². The van der Waals surface area contributed by atoms with Gasteiger partial charge >= 0.3 is 0 Å². The van der Waals surface area contributed by atoms with Crippen LogP contribution in [0.1, 0.15) is 17.1 Å². The van der Waals surface area contributed by atoms with Crippen LogP contribution in [0.25, 0.3) is 10.8 Å². The summed E-state index contributed by atoms with van der Waals surface area (Å²) in [5.74, 6) is 2.30. The predicted molar refractivity (Wildman–Crippen MR) is 104 cm³/mol. The monoisotopic (exact) mass is 360 g/mol. The molecule has 7 nitrogen and oxygen atoms in total. The van der Waals surface area contributed by atoms with Crippen molar-refractivity contribution in [2.75, 3.05) is 5.32 Å². The number of aryl methyl sites for hydroxylation is 2. The van der Waals surface area contributed by atoms with Crippen LogP contribution in [0.15, 0.2) is 49.1 Å². The van der Waals surface area contributed by atoms with Crippen molar-refractivity contribution in [2.24, 2.45) is 7.05 Å². The van der Waals surface area contributed by atoms with E-state index in [9.17, 15) is 0 Å². The van der Waals surface area contributed by atoms with Crippen LogP contribution in [0, 0.1) is 13.8 Å². The Balaban J connectivity index is 1.56. The summed E-state index contributed by atoms with van der Waals surface area (Å²) in [6.45, 7) is 4.38. The smallest absolute Gasteiger partial charge is 0.138 e. The fraction of sp³-hybridized carbons (Fsp3) is 0.200. The minimum Gasteiger partial charge on any atom is -0.489 e. The molecule has 0 spiro atoms. The van der Waals surface area contributed by atoms with Crippen LogP contribution in [-0.2, 0) is 13.7 Å². The van der Waals surface area contributed by atoms with E-state index in [1.165, 1.54) is 0 Å². The van der Waals surface area contributed by atoms with Crippen molar-refractivity contribution in [3.05, 3.63) is 66.1 Å². The Hall–Kier alpha value is -3.48. The second kappa shape index (κ2) is 7.03. The molecule has 0 unspecified atom stereocenters. The van der Waals surface area contributed by atoms with Crippen molar-refractivity contribution >= 4 is 22.3 Å². The molecule has 0 fully saturated rings. The van der Waals surface area contributed by atoms with E-state index >= 15 is 0 Å². The van der Waals surface area contributed by atoms with Crippen LogP contribution in [0.5, 0.6) is 5.75 Å². The van der Waals surface area contributed by atoms with Crippen LogP contribution < -0.4 is 10.1 Å². The highest BCUT2D eigenvalue weighted by molar-refractivity contribution is 5.93. The summed E-state index contributed by atoms with van der Waals surface area (Å²) in [4.78, 5) is 12.9. The van der Waals surface area contributed by atoms with Gasteiger partial charge in [0.15, 0.2) is 0 Å². The van der Waals surface area contributed by atoms with E-state index < -0.39 is 0 Å². The summed E-state index contributed by atoms with van der Waals surface area (Å²) < 4.78 is 7.80. The van der Waals surface area contributed by atoms with Gasteiger partial charge in [-0.1, -0.05) is 0 Å². The molecule has 0 aliphatic rings. The van der Waals surface area contributed by atoms with Crippen LogP contribution in [0.4, 0.5) is 11.5 Å². The summed E-state index contributed by atoms with van der Waals surface area (Å²) in [6.07, 6.45) is 7.10. The number of nitrogens with zero attached hydrogens (tertiary/aromatic N) is 5. The molecule has 0 saturated heterocycles. The molecular formula is C20H20N6O. The molecule has 3 aromatic heterocycles. The number of rotatable bonds is 5. The molecule has 0 saturated carbocycles. The van der Waals surface area contributed by atoms with E-state index in [2.05, 4.69) is 25.4 Å². The Morgan fingerprint density at radius 3 is 2.59 bits per heavy atom. The summed E-state index contributed by atoms with van der Waals surface area (Å²) in [7, 11) is 1.93. The topological polar surface area (TPSA) is 77.8 Å². The van der Waals surface area contributed by atoms with Crippen molar-refractivity contribution in [2.45, 2.75) is 20.5 Å². The summed E-state index contributed by atoms with van der Waals surface area (Å²) in [5.41, 5.74) is 2.98. The van der Waals surface area contributed by atoms with Crippen molar-refractivity contribution < 1.29 is 4.74 Å². The second-order valence-corrected chi connectivity index (χ2v) is 6.35. The Morgan fingerprint density at radius 2 is 1.85 bits per heavy atom. The second-order valence-electron chi connectivity index (χ2n) is 6.35. The fourth-order valence-electron chi connectivity index (χ4n) is 2.79. The Labute approximate surface area is 157 Å². The normalized spacial score (nSPS) is 10.9. The largest absolute Gasteiger partial charge is 0.489 e. The molecule has 3 heterocycles. The molecule has 7 heteroatoms. The molecule has 0 atom stereocenters. The number of hydrogen-bond acceptors (Lipinski definition) is 6. The van der Waals surface area contributed by atoms with Crippen molar-refractivity contribution in [3.8, 4) is 5.75 Å². The third-order valence-electron chi connectivity index (χ3n) is 4.51. The molecular weight excluding hydrogens is 340 g/mol. The summed E-state index contributed by atoms with van der Waals surface area (Å²) in [6, 6.07) is 7.94. The Kier molecular flexibility index (Phi) is 4.42. The average molecular weight is 360 g/mol. The van der Waals surface area contributed by atoms with Gasteiger partial charge in [-0.25, -0.2) is 15.0 Å². The number of aromatic nitrogens is 5. The number of hydrogen-bond donors (Lipinski definition) is 1. The average Bonchev–Trinajstić information content (AvgIpc) is 3.00. The maximum Gasteiger partial charge on any atom is 0.138 e. The van der Waals surface area contributed by atoms with Gasteiger partial charge in [-0.2, -0.15) is 5.10 Å². The van der Waals surface area contributed by atoms with Gasteiger partial charge in [0.1, 0.15) is 24.0 Å². The van der Waals surface area contributed by atoms with E-state index in [-0.39, 0.29) is 0 Å². The lowest BCUT2D eigenvalue weighted by atomic mass is 10.1. The van der Waals surface area contributed by atoms with Crippen molar-refractivity contribution in [3.63, 3.8) is 0 Å². The molecule has 27 heavy (non-hydrogen) atoms. The van der Waals surface area contributed by atoms with Gasteiger partial charge in [0.25, 0.3) is 0 Å². The molecule has 0 radical (unpaired) electrons. The minimum atomic E-state index is 0.488. The maximum absolute atomic E-state index is 5.95. The first-order valence-corrected chi connectivity index (χ1v) is 8.65. The fourth-order valence-corrected chi connectivity index (χ4v) is 2.79. The van der Waals surface area contributed by atoms with Gasteiger partial charge in [-0.3, -0.25) is 4.68 Å². The first-order chi connectivity index (χ1) is 13.1. The van der Waals surface area contributed by atoms with Crippen molar-refractivity contribution in [1.29, 1.82) is 0 Å². The molecule has 136 valence electrons. The molecule has 4 rings (SSSR count). The predicted octanol–water partition coefficient (Wildman–Crippen LogP) is 3.70. The van der Waals surface area contributed by atoms with Crippen LogP contribution in [-0.4, -0.2) is 24.7 Å². The highest BCUT2D eigenvalue weighted by Gasteiger charge is 2.07. The van der Waals surface area contributed by atoms with E-state index in [1.54, 1.807) is 18.6 Å². The van der Waals surface area contributed by atoms with Gasteiger partial charge < -0.3 is 10.1 Å². The molecule has 1 aromatic carbocycles. The third-order valence-corrected chi connectivity index (χ3v) is 4.51. The maximum atomic E-state index is 5.95. The lowest BCUT2D eigenvalue weighted by molar-refractivity contribution is 0.305. The summed E-state index contributed by atoms with van der Waals surface area (Å²) in [5, 5.41) is 9.56. The lowest BCUT2D eigenvalue weighted by Crippen LogP contribution is -1.99. The third kappa shape index (κ3) is 3.57. The number of fused-ring (bicyclic) bond motifs is 1. The number of ether oxygens (including phenoxy) is 1. The first kappa shape index (κ1) is 17.0. The lowest BCUT2D eigenvalue weighted by Gasteiger charge is -2.10. The minimum absolute atomic E-state index is 0.488. The molecule has 0 bridgehead atoms. The molecule has 0 aliphatic heterocycles. The Morgan fingerprint density at radius 1 is 1.04 bits per heavy atom. The zero-order valence-corrected chi connectivity index (χ0v) is 15.5. The zero-order valence-electron chi connectivity index (χ0n) is 15.5. The van der Waals surface area contributed by atoms with E-state index in [4.69, 9.17) is 4.74 Å². The molecule has 1 N–H and O–H groups in total. The number of nitrogens with one attached hydrogen (secondary N) is 1. The number of anilines is 2. The quantitative estimate of drug-likeness (QED) is 0.585. The summed E-state index contributed by atoms with van der Waals surface area (Å²) >= 11 is 0. The SMILES string of the molecule is Cc1ncc(Nc2nccc3cc(OCc4cnn(C)c4C)ccc23)cn1. The van der Waals surface area contributed by atoms with E-state index in [0.29, 0.717) is 6.61 Å². The molecule has 4 aromatic rings. The first-order valence-electron chi connectivity index (χ1n) is 8.65. The van der Waals surface area contributed by atoms with Gasteiger partial charge in [0, 0.05) is 29.9 Å². The highest BCUT2D eigenvalue weighted by atomic mass is 16.5. The van der Waals surface area contributed by atoms with E-state index in [0.717, 1.165) is 45.1 Å². The highest BCUT2D eigenvalue weighted by Crippen LogP contribution is 2.27. The van der Waals surface area contributed by atoms with E-state index in [1.807, 2.05) is 56.0 Å². The Bertz CT molecular complexity index is 1090. The zero-order chi connectivity index (χ0) is 18.8.